The van der Waals surface area contributed by atoms with Crippen molar-refractivity contribution >= 4 is 17.8 Å². The van der Waals surface area contributed by atoms with Crippen LogP contribution in [0, 0.1) is 6.92 Å². The fourth-order valence-electron chi connectivity index (χ4n) is 4.70. The monoisotopic (exact) mass is 389 g/mol. The Morgan fingerprint density at radius 1 is 1.14 bits per heavy atom. The van der Waals surface area contributed by atoms with E-state index in [2.05, 4.69) is 71.8 Å². The molecule has 2 aliphatic heterocycles. The molecule has 2 heterocycles. The molecule has 4 heteroatoms. The van der Waals surface area contributed by atoms with Gasteiger partial charge in [-0.1, -0.05) is 60.2 Å². The lowest BCUT2D eigenvalue weighted by molar-refractivity contribution is 0.180. The molecule has 0 saturated carbocycles. The summed E-state index contributed by atoms with van der Waals surface area (Å²) in [7, 11) is 0. The standard InChI is InChI=1S/C25H31N3O/c1-3-26-24(29)28-19-25(22-18-20(2)11-12-23(22)28)13-16-27(17-14-25)15-7-10-21-8-5-4-6-9-21/h4-12,18H,3,13-17,19H2,1-2H3,(H,26,29). The minimum absolute atomic E-state index is 0.0303. The topological polar surface area (TPSA) is 35.6 Å². The van der Waals surface area contributed by atoms with E-state index in [-0.39, 0.29) is 11.4 Å². The molecule has 1 spiro atoms. The minimum atomic E-state index is 0.0303. The van der Waals surface area contributed by atoms with Gasteiger partial charge in [-0.3, -0.25) is 9.80 Å². The number of nitrogens with zero attached hydrogens (tertiary/aromatic N) is 2. The molecule has 0 aliphatic carbocycles. The number of piperidine rings is 1. The molecule has 2 aromatic rings. The number of carbonyl (C=O) groups excluding carboxylic acids is 1. The maximum Gasteiger partial charge on any atom is 0.321 e. The molecular formula is C25H31N3O. The number of hydrogen-bond donors (Lipinski definition) is 1. The third kappa shape index (κ3) is 4.08. The van der Waals surface area contributed by atoms with Gasteiger partial charge in [0.05, 0.1) is 0 Å². The summed E-state index contributed by atoms with van der Waals surface area (Å²) in [6.07, 6.45) is 6.66. The van der Waals surface area contributed by atoms with Gasteiger partial charge >= 0.3 is 6.03 Å². The van der Waals surface area contributed by atoms with Crippen LogP contribution in [0.15, 0.2) is 54.6 Å². The number of rotatable bonds is 4. The number of nitrogens with one attached hydrogen (secondary N) is 1. The molecule has 29 heavy (non-hydrogen) atoms. The van der Waals surface area contributed by atoms with Gasteiger partial charge in [0.2, 0.25) is 0 Å². The van der Waals surface area contributed by atoms with Crippen molar-refractivity contribution in [1.82, 2.24) is 10.2 Å². The summed E-state index contributed by atoms with van der Waals surface area (Å²) >= 11 is 0. The Morgan fingerprint density at radius 2 is 1.90 bits per heavy atom. The first kappa shape index (κ1) is 19.7. The summed E-state index contributed by atoms with van der Waals surface area (Å²) in [5.41, 5.74) is 5.07. The molecule has 2 amide bonds. The van der Waals surface area contributed by atoms with E-state index >= 15 is 0 Å². The largest absolute Gasteiger partial charge is 0.338 e. The molecule has 1 N–H and O–H groups in total. The summed E-state index contributed by atoms with van der Waals surface area (Å²) < 4.78 is 0. The molecular weight excluding hydrogens is 358 g/mol. The fraction of sp³-hybridized carbons (Fsp3) is 0.400. The first-order valence-electron chi connectivity index (χ1n) is 10.7. The predicted molar refractivity (Wildman–Crippen MR) is 120 cm³/mol. The molecule has 2 aliphatic rings. The minimum Gasteiger partial charge on any atom is -0.338 e. The van der Waals surface area contributed by atoms with Crippen LogP contribution in [0.3, 0.4) is 0 Å². The van der Waals surface area contributed by atoms with Crippen molar-refractivity contribution in [3.63, 3.8) is 0 Å². The first-order chi connectivity index (χ1) is 14.1. The summed E-state index contributed by atoms with van der Waals surface area (Å²) in [5.74, 6) is 0. The van der Waals surface area contributed by atoms with Gasteiger partial charge in [-0.25, -0.2) is 4.79 Å². The maximum absolute atomic E-state index is 12.7. The van der Waals surface area contributed by atoms with Crippen LogP contribution >= 0.6 is 0 Å². The summed E-state index contributed by atoms with van der Waals surface area (Å²) in [6.45, 7) is 8.68. The van der Waals surface area contributed by atoms with Crippen LogP contribution in [0.5, 0.6) is 0 Å². The molecule has 1 saturated heterocycles. The van der Waals surface area contributed by atoms with Crippen LogP contribution in [-0.2, 0) is 5.41 Å². The quantitative estimate of drug-likeness (QED) is 0.830. The molecule has 0 radical (unpaired) electrons. The van der Waals surface area contributed by atoms with Crippen molar-refractivity contribution in [2.24, 2.45) is 0 Å². The third-order valence-electron chi connectivity index (χ3n) is 6.33. The van der Waals surface area contributed by atoms with Gasteiger partial charge < -0.3 is 5.32 Å². The molecule has 0 aromatic heterocycles. The normalized spacial score (nSPS) is 18.3. The molecule has 0 unspecified atom stereocenters. The average molecular weight is 390 g/mol. The van der Waals surface area contributed by atoms with E-state index in [0.29, 0.717) is 6.54 Å². The van der Waals surface area contributed by atoms with Crippen LogP contribution in [-0.4, -0.2) is 43.7 Å². The highest BCUT2D eigenvalue weighted by Crippen LogP contribution is 2.47. The third-order valence-corrected chi connectivity index (χ3v) is 6.33. The van der Waals surface area contributed by atoms with Crippen molar-refractivity contribution in [1.29, 1.82) is 0 Å². The van der Waals surface area contributed by atoms with Gasteiger partial charge in [-0.15, -0.1) is 0 Å². The van der Waals surface area contributed by atoms with Gasteiger partial charge in [-0.2, -0.15) is 0 Å². The highest BCUT2D eigenvalue weighted by atomic mass is 16.2. The molecule has 0 bridgehead atoms. The zero-order valence-corrected chi connectivity index (χ0v) is 17.5. The van der Waals surface area contributed by atoms with E-state index in [1.807, 2.05) is 17.9 Å². The highest BCUT2D eigenvalue weighted by molar-refractivity contribution is 5.95. The number of aryl methyl sites for hydroxylation is 1. The Morgan fingerprint density at radius 3 is 2.62 bits per heavy atom. The lowest BCUT2D eigenvalue weighted by Crippen LogP contribution is -2.47. The molecule has 4 nitrogen and oxygen atoms in total. The molecule has 4 rings (SSSR count). The van der Waals surface area contributed by atoms with Gasteiger partial charge in [0.1, 0.15) is 0 Å². The van der Waals surface area contributed by atoms with Gasteiger partial charge in [-0.05, 0) is 57.0 Å². The van der Waals surface area contributed by atoms with E-state index in [9.17, 15) is 4.79 Å². The van der Waals surface area contributed by atoms with E-state index in [1.54, 1.807) is 0 Å². The van der Waals surface area contributed by atoms with Gasteiger partial charge in [0.25, 0.3) is 0 Å². The van der Waals surface area contributed by atoms with Crippen molar-refractivity contribution in [2.75, 3.05) is 37.6 Å². The van der Waals surface area contributed by atoms with Crippen LogP contribution in [0.4, 0.5) is 10.5 Å². The van der Waals surface area contributed by atoms with Gasteiger partial charge in [0.15, 0.2) is 0 Å². The van der Waals surface area contributed by atoms with Crippen molar-refractivity contribution in [3.8, 4) is 0 Å². The van der Waals surface area contributed by atoms with Crippen LogP contribution in [0.25, 0.3) is 6.08 Å². The first-order valence-corrected chi connectivity index (χ1v) is 10.7. The van der Waals surface area contributed by atoms with Crippen LogP contribution in [0.2, 0.25) is 0 Å². The number of carbonyl (C=O) groups is 1. The second-order valence-electron chi connectivity index (χ2n) is 8.34. The van der Waals surface area contributed by atoms with E-state index in [1.165, 1.54) is 16.7 Å². The Balaban J connectivity index is 1.45. The van der Waals surface area contributed by atoms with Crippen molar-refractivity contribution < 1.29 is 4.79 Å². The van der Waals surface area contributed by atoms with Crippen LogP contribution in [0.1, 0.15) is 36.5 Å². The van der Waals surface area contributed by atoms with Gasteiger partial charge in [0, 0.05) is 30.7 Å². The molecule has 0 atom stereocenters. The second kappa shape index (κ2) is 8.42. The zero-order chi connectivity index (χ0) is 20.3. The SMILES string of the molecule is CCNC(=O)N1CC2(CCN(CC=Cc3ccccc3)CC2)c2cc(C)ccc21. The smallest absolute Gasteiger partial charge is 0.321 e. The van der Waals surface area contributed by atoms with E-state index in [0.717, 1.165) is 44.7 Å². The zero-order valence-electron chi connectivity index (χ0n) is 17.5. The summed E-state index contributed by atoms with van der Waals surface area (Å²) in [5, 5.41) is 2.98. The number of benzene rings is 2. The average Bonchev–Trinajstić information content (AvgIpc) is 3.04. The predicted octanol–water partition coefficient (Wildman–Crippen LogP) is 4.59. The van der Waals surface area contributed by atoms with Crippen LogP contribution < -0.4 is 10.2 Å². The molecule has 1 fully saturated rings. The lowest BCUT2D eigenvalue weighted by atomic mass is 9.74. The summed E-state index contributed by atoms with van der Waals surface area (Å²) in [4.78, 5) is 17.1. The number of anilines is 1. The van der Waals surface area contributed by atoms with Crippen molar-refractivity contribution in [2.45, 2.75) is 32.1 Å². The number of urea groups is 1. The molecule has 2 aromatic carbocycles. The second-order valence-corrected chi connectivity index (χ2v) is 8.34. The Hall–Kier alpha value is -2.59. The Kier molecular flexibility index (Phi) is 5.72. The van der Waals surface area contributed by atoms with E-state index in [4.69, 9.17) is 0 Å². The number of fused-ring (bicyclic) bond motifs is 2. The summed E-state index contributed by atoms with van der Waals surface area (Å²) in [6, 6.07) is 17.0. The van der Waals surface area contributed by atoms with Crippen molar-refractivity contribution in [3.05, 3.63) is 71.3 Å². The number of likely N-dealkylation sites (tertiary alicyclic amines) is 1. The fourth-order valence-corrected chi connectivity index (χ4v) is 4.70. The number of amides is 2. The number of hydrogen-bond acceptors (Lipinski definition) is 2. The van der Waals surface area contributed by atoms with E-state index < -0.39 is 0 Å². The Bertz CT molecular complexity index is 882. The maximum atomic E-state index is 12.7. The Labute approximate surface area is 174 Å². The highest BCUT2D eigenvalue weighted by Gasteiger charge is 2.46. The lowest BCUT2D eigenvalue weighted by Gasteiger charge is -2.39. The molecule has 152 valence electrons.